The number of carbonyl (C=O) groups is 1. The van der Waals surface area contributed by atoms with Crippen molar-refractivity contribution in [2.45, 2.75) is 19.4 Å². The SMILES string of the molecule is COc1ccc2c(c1)O[C@@H](C)C/C2=N\OC(=O)c1cccc(Br)c1. The van der Waals surface area contributed by atoms with Crippen molar-refractivity contribution in [1.29, 1.82) is 0 Å². The average Bonchev–Trinajstić information content (AvgIpc) is 2.58. The number of oxime groups is 1. The minimum absolute atomic E-state index is 0.0621. The van der Waals surface area contributed by atoms with Gasteiger partial charge in [0.1, 0.15) is 17.6 Å². The number of benzene rings is 2. The second-order valence-corrected chi connectivity index (χ2v) is 6.34. The summed E-state index contributed by atoms with van der Waals surface area (Å²) in [5.41, 5.74) is 1.91. The lowest BCUT2D eigenvalue weighted by molar-refractivity contribution is 0.0513. The van der Waals surface area contributed by atoms with Crippen LogP contribution in [0.1, 0.15) is 29.3 Å². The Kier molecular flexibility index (Phi) is 4.85. The van der Waals surface area contributed by atoms with E-state index in [1.807, 2.05) is 25.1 Å². The minimum Gasteiger partial charge on any atom is -0.497 e. The van der Waals surface area contributed by atoms with Crippen LogP contribution >= 0.6 is 15.9 Å². The van der Waals surface area contributed by atoms with Crippen molar-refractivity contribution in [2.24, 2.45) is 5.16 Å². The molecule has 0 bridgehead atoms. The van der Waals surface area contributed by atoms with E-state index in [-0.39, 0.29) is 6.10 Å². The predicted molar refractivity (Wildman–Crippen MR) is 93.8 cm³/mol. The van der Waals surface area contributed by atoms with Crippen molar-refractivity contribution in [3.63, 3.8) is 0 Å². The first-order valence-corrected chi connectivity index (χ1v) is 8.25. The van der Waals surface area contributed by atoms with Gasteiger partial charge in [0.25, 0.3) is 0 Å². The summed E-state index contributed by atoms with van der Waals surface area (Å²) in [4.78, 5) is 17.3. The van der Waals surface area contributed by atoms with Crippen LogP contribution in [0.4, 0.5) is 0 Å². The molecule has 0 spiro atoms. The Hall–Kier alpha value is -2.34. The third-order valence-corrected chi connectivity index (χ3v) is 4.10. The third-order valence-electron chi connectivity index (χ3n) is 3.61. The Labute approximate surface area is 148 Å². The van der Waals surface area contributed by atoms with E-state index in [1.165, 1.54) is 0 Å². The summed E-state index contributed by atoms with van der Waals surface area (Å²) in [5.74, 6) is 0.872. The first kappa shape index (κ1) is 16.5. The molecular weight excluding hydrogens is 374 g/mol. The molecule has 0 unspecified atom stereocenters. The number of methoxy groups -OCH3 is 1. The van der Waals surface area contributed by atoms with E-state index in [9.17, 15) is 4.79 Å². The molecule has 6 heteroatoms. The second kappa shape index (κ2) is 7.05. The fraction of sp³-hybridized carbons (Fsp3) is 0.222. The predicted octanol–water partition coefficient (Wildman–Crippen LogP) is 4.19. The van der Waals surface area contributed by atoms with E-state index >= 15 is 0 Å². The van der Waals surface area contributed by atoms with Gasteiger partial charge >= 0.3 is 5.97 Å². The molecule has 0 saturated heterocycles. The van der Waals surface area contributed by atoms with Crippen LogP contribution in [0.25, 0.3) is 0 Å². The maximum absolute atomic E-state index is 12.1. The van der Waals surface area contributed by atoms with E-state index in [0.717, 1.165) is 10.0 Å². The van der Waals surface area contributed by atoms with Crippen LogP contribution in [0.15, 0.2) is 52.1 Å². The van der Waals surface area contributed by atoms with Gasteiger partial charge in [-0.1, -0.05) is 27.2 Å². The van der Waals surface area contributed by atoms with Gasteiger partial charge in [0, 0.05) is 22.5 Å². The van der Waals surface area contributed by atoms with Gasteiger partial charge in [-0.3, -0.25) is 0 Å². The first-order chi connectivity index (χ1) is 11.6. The largest absolute Gasteiger partial charge is 0.497 e. The second-order valence-electron chi connectivity index (χ2n) is 5.42. The quantitative estimate of drug-likeness (QED) is 0.583. The number of nitrogens with zero attached hydrogens (tertiary/aromatic N) is 1. The molecule has 0 aliphatic carbocycles. The number of rotatable bonds is 3. The molecule has 3 rings (SSSR count). The summed E-state index contributed by atoms with van der Waals surface area (Å²) in [6, 6.07) is 12.5. The number of hydrogen-bond acceptors (Lipinski definition) is 5. The molecule has 0 radical (unpaired) electrons. The molecule has 2 aromatic carbocycles. The zero-order chi connectivity index (χ0) is 17.1. The molecule has 124 valence electrons. The highest BCUT2D eigenvalue weighted by atomic mass is 79.9. The van der Waals surface area contributed by atoms with Crippen LogP contribution in [0, 0.1) is 0 Å². The van der Waals surface area contributed by atoms with Crippen molar-refractivity contribution in [2.75, 3.05) is 7.11 Å². The van der Waals surface area contributed by atoms with E-state index in [2.05, 4.69) is 21.1 Å². The molecule has 0 N–H and O–H groups in total. The van der Waals surface area contributed by atoms with Gasteiger partial charge in [0.2, 0.25) is 0 Å². The van der Waals surface area contributed by atoms with Crippen molar-refractivity contribution in [3.05, 3.63) is 58.1 Å². The number of hydrogen-bond donors (Lipinski definition) is 0. The van der Waals surface area contributed by atoms with Crippen molar-refractivity contribution in [1.82, 2.24) is 0 Å². The van der Waals surface area contributed by atoms with Crippen molar-refractivity contribution >= 4 is 27.6 Å². The molecule has 5 nitrogen and oxygen atoms in total. The maximum atomic E-state index is 12.1. The van der Waals surface area contributed by atoms with Crippen molar-refractivity contribution in [3.8, 4) is 11.5 Å². The van der Waals surface area contributed by atoms with E-state index in [1.54, 1.807) is 31.4 Å². The highest BCUT2D eigenvalue weighted by molar-refractivity contribution is 9.10. The molecule has 0 aromatic heterocycles. The molecule has 1 heterocycles. The molecule has 1 aliphatic heterocycles. The topological polar surface area (TPSA) is 57.1 Å². The molecule has 0 fully saturated rings. The third kappa shape index (κ3) is 3.59. The fourth-order valence-corrected chi connectivity index (χ4v) is 2.86. The molecule has 1 atom stereocenters. The highest BCUT2D eigenvalue weighted by Crippen LogP contribution is 2.31. The van der Waals surface area contributed by atoms with Crippen LogP contribution in [-0.4, -0.2) is 24.9 Å². The first-order valence-electron chi connectivity index (χ1n) is 7.45. The van der Waals surface area contributed by atoms with Gasteiger partial charge in [-0.25, -0.2) is 4.79 Å². The summed E-state index contributed by atoms with van der Waals surface area (Å²) in [6.07, 6.45) is 0.499. The van der Waals surface area contributed by atoms with Crippen molar-refractivity contribution < 1.29 is 19.1 Å². The van der Waals surface area contributed by atoms with E-state index < -0.39 is 5.97 Å². The molecule has 2 aromatic rings. The number of halogens is 1. The van der Waals surface area contributed by atoms with E-state index in [4.69, 9.17) is 14.3 Å². The number of ether oxygens (including phenoxy) is 2. The summed E-state index contributed by atoms with van der Waals surface area (Å²) in [7, 11) is 1.60. The highest BCUT2D eigenvalue weighted by Gasteiger charge is 2.23. The number of carbonyl (C=O) groups excluding carboxylic acids is 1. The van der Waals surface area contributed by atoms with Gasteiger partial charge in [0.05, 0.1) is 18.4 Å². The molecule has 1 aliphatic rings. The average molecular weight is 390 g/mol. The lowest BCUT2D eigenvalue weighted by Gasteiger charge is -2.24. The summed E-state index contributed by atoms with van der Waals surface area (Å²) in [6.45, 7) is 1.94. The smallest absolute Gasteiger partial charge is 0.365 e. The molecular formula is C18H16BrNO4. The Morgan fingerprint density at radius 2 is 2.12 bits per heavy atom. The normalized spacial score (nSPS) is 17.8. The monoisotopic (exact) mass is 389 g/mol. The van der Waals surface area contributed by atoms with Gasteiger partial charge < -0.3 is 14.3 Å². The lowest BCUT2D eigenvalue weighted by Crippen LogP contribution is -2.25. The van der Waals surface area contributed by atoms with Gasteiger partial charge in [-0.15, -0.1) is 0 Å². The zero-order valence-electron chi connectivity index (χ0n) is 13.3. The van der Waals surface area contributed by atoms with E-state index in [0.29, 0.717) is 29.2 Å². The Morgan fingerprint density at radius 3 is 2.88 bits per heavy atom. The van der Waals surface area contributed by atoms with Gasteiger partial charge in [-0.05, 0) is 37.3 Å². The Morgan fingerprint density at radius 1 is 1.29 bits per heavy atom. The van der Waals surface area contributed by atoms with Crippen LogP contribution in [0.3, 0.4) is 0 Å². The van der Waals surface area contributed by atoms with Gasteiger partial charge in [0.15, 0.2) is 0 Å². The maximum Gasteiger partial charge on any atom is 0.365 e. The van der Waals surface area contributed by atoms with Crippen LogP contribution in [0.5, 0.6) is 11.5 Å². The number of fused-ring (bicyclic) bond motifs is 1. The standard InChI is InChI=1S/C18H16BrNO4/c1-11-8-16(15-7-6-14(22-2)10-17(15)23-11)20-24-18(21)12-4-3-5-13(19)9-12/h3-7,9-11H,8H2,1-2H3/b20-16+/t11-/m0/s1. The van der Waals surface area contributed by atoms with Crippen LogP contribution in [0.2, 0.25) is 0 Å². The molecule has 0 amide bonds. The molecule has 0 saturated carbocycles. The zero-order valence-corrected chi connectivity index (χ0v) is 14.9. The van der Waals surface area contributed by atoms with Gasteiger partial charge in [-0.2, -0.15) is 0 Å². The summed E-state index contributed by atoms with van der Waals surface area (Å²) < 4.78 is 11.8. The summed E-state index contributed by atoms with van der Waals surface area (Å²) >= 11 is 3.33. The molecule has 24 heavy (non-hydrogen) atoms. The lowest BCUT2D eigenvalue weighted by atomic mass is 10.0. The fourth-order valence-electron chi connectivity index (χ4n) is 2.46. The Bertz CT molecular complexity index is 803. The van der Waals surface area contributed by atoms with Crippen LogP contribution in [-0.2, 0) is 4.84 Å². The van der Waals surface area contributed by atoms with Crippen LogP contribution < -0.4 is 9.47 Å². The minimum atomic E-state index is -0.502. The summed E-state index contributed by atoms with van der Waals surface area (Å²) in [5, 5.41) is 4.07. The Balaban J connectivity index is 1.84.